The lowest BCUT2D eigenvalue weighted by Crippen LogP contribution is -2.37. The van der Waals surface area contributed by atoms with Crippen LogP contribution in [0.25, 0.3) is 0 Å². The summed E-state index contributed by atoms with van der Waals surface area (Å²) in [6.07, 6.45) is 1.42. The largest absolute Gasteiger partial charge is 0.481 e. The number of thiazole rings is 1. The number of hydrogen-bond donors (Lipinski definition) is 3. The van der Waals surface area contributed by atoms with E-state index in [1.54, 1.807) is 14.1 Å². The second-order valence-corrected chi connectivity index (χ2v) is 5.89. The Morgan fingerprint density at radius 2 is 2.20 bits per heavy atom. The molecule has 8 heteroatoms. The summed E-state index contributed by atoms with van der Waals surface area (Å²) in [5, 5.41) is 15.7. The van der Waals surface area contributed by atoms with Gasteiger partial charge in [0.25, 0.3) is 0 Å². The van der Waals surface area contributed by atoms with E-state index in [1.165, 1.54) is 16.2 Å². The van der Waals surface area contributed by atoms with Gasteiger partial charge in [0.15, 0.2) is 5.13 Å². The van der Waals surface area contributed by atoms with Gasteiger partial charge in [-0.3, -0.25) is 4.79 Å². The molecule has 0 bridgehead atoms. The number of nitrogens with one attached hydrogen (secondary N) is 2. The average molecular weight is 298 g/mol. The zero-order valence-corrected chi connectivity index (χ0v) is 12.3. The van der Waals surface area contributed by atoms with Gasteiger partial charge in [0.2, 0.25) is 0 Å². The molecule has 0 aromatic carbocycles. The molecule has 0 spiro atoms. The Morgan fingerprint density at radius 3 is 2.85 bits per heavy atom. The molecule has 110 valence electrons. The standard InChI is InChI=1S/C12H18N4O3S/c1-16(2)12(19)14-6-5-13-11-15-9-7(10(17)18)3-4-8(9)20-11/h7H,3-6H2,1-2H3,(H,13,15)(H,14,19)(H,17,18). The van der Waals surface area contributed by atoms with Crippen LogP contribution in [0.4, 0.5) is 9.93 Å². The van der Waals surface area contributed by atoms with E-state index < -0.39 is 11.9 Å². The summed E-state index contributed by atoms with van der Waals surface area (Å²) in [5.41, 5.74) is 0.697. The van der Waals surface area contributed by atoms with Crippen LogP contribution in [-0.2, 0) is 11.2 Å². The maximum Gasteiger partial charge on any atom is 0.316 e. The molecule has 1 aliphatic carbocycles. The van der Waals surface area contributed by atoms with Crippen molar-refractivity contribution in [1.29, 1.82) is 0 Å². The molecule has 1 atom stereocenters. The number of carboxylic acids is 1. The Labute approximate surface area is 121 Å². The summed E-state index contributed by atoms with van der Waals surface area (Å²) >= 11 is 1.50. The summed E-state index contributed by atoms with van der Waals surface area (Å²) in [5.74, 6) is -1.27. The number of carbonyl (C=O) groups is 2. The lowest BCUT2D eigenvalue weighted by molar-refractivity contribution is -0.138. The van der Waals surface area contributed by atoms with Crippen molar-refractivity contribution in [3.05, 3.63) is 10.6 Å². The minimum Gasteiger partial charge on any atom is -0.481 e. The number of fused-ring (bicyclic) bond motifs is 1. The molecule has 0 aliphatic heterocycles. The van der Waals surface area contributed by atoms with Gasteiger partial charge < -0.3 is 20.6 Å². The van der Waals surface area contributed by atoms with Gasteiger partial charge in [-0.1, -0.05) is 0 Å². The first-order valence-electron chi connectivity index (χ1n) is 6.40. The monoisotopic (exact) mass is 298 g/mol. The van der Waals surface area contributed by atoms with Gasteiger partial charge in [-0.2, -0.15) is 0 Å². The van der Waals surface area contributed by atoms with E-state index in [2.05, 4.69) is 15.6 Å². The molecule has 1 unspecified atom stereocenters. The number of anilines is 1. The summed E-state index contributed by atoms with van der Waals surface area (Å²) in [6, 6.07) is -0.139. The predicted octanol–water partition coefficient (Wildman–Crippen LogP) is 0.941. The number of aliphatic carboxylic acids is 1. The molecule has 2 rings (SSSR count). The number of aryl methyl sites for hydroxylation is 1. The third-order valence-corrected chi connectivity index (χ3v) is 4.19. The van der Waals surface area contributed by atoms with Crippen LogP contribution in [0.1, 0.15) is 22.9 Å². The Kier molecular flexibility index (Phi) is 4.43. The second kappa shape index (κ2) is 6.08. The topological polar surface area (TPSA) is 94.6 Å². The molecule has 0 saturated heterocycles. The van der Waals surface area contributed by atoms with Gasteiger partial charge in [0.1, 0.15) is 5.92 Å². The number of carbonyl (C=O) groups excluding carboxylic acids is 1. The normalized spacial score (nSPS) is 16.6. The van der Waals surface area contributed by atoms with Crippen LogP contribution in [0.15, 0.2) is 0 Å². The number of rotatable bonds is 5. The highest BCUT2D eigenvalue weighted by atomic mass is 32.1. The molecular weight excluding hydrogens is 280 g/mol. The van der Waals surface area contributed by atoms with Crippen LogP contribution in [-0.4, -0.2) is 54.2 Å². The van der Waals surface area contributed by atoms with Crippen molar-refractivity contribution in [2.75, 3.05) is 32.5 Å². The lowest BCUT2D eigenvalue weighted by atomic mass is 10.1. The minimum absolute atomic E-state index is 0.139. The second-order valence-electron chi connectivity index (χ2n) is 4.81. The number of carboxylic acid groups (broad SMARTS) is 1. The molecule has 2 amide bonds. The molecule has 1 aliphatic rings. The van der Waals surface area contributed by atoms with Crippen molar-refractivity contribution in [3.63, 3.8) is 0 Å². The Bertz CT molecular complexity index is 515. The van der Waals surface area contributed by atoms with Crippen LogP contribution < -0.4 is 10.6 Å². The maximum atomic E-state index is 11.3. The van der Waals surface area contributed by atoms with Gasteiger partial charge in [-0.15, -0.1) is 11.3 Å². The summed E-state index contributed by atoms with van der Waals surface area (Å²) in [4.78, 5) is 29.2. The van der Waals surface area contributed by atoms with E-state index in [1.807, 2.05) is 0 Å². The van der Waals surface area contributed by atoms with Crippen molar-refractivity contribution in [3.8, 4) is 0 Å². The van der Waals surface area contributed by atoms with E-state index in [9.17, 15) is 9.59 Å². The number of nitrogens with zero attached hydrogens (tertiary/aromatic N) is 2. The van der Waals surface area contributed by atoms with Gasteiger partial charge in [0.05, 0.1) is 5.69 Å². The van der Waals surface area contributed by atoms with E-state index in [-0.39, 0.29) is 6.03 Å². The molecule has 1 aromatic heterocycles. The van der Waals surface area contributed by atoms with Crippen LogP contribution >= 0.6 is 11.3 Å². The van der Waals surface area contributed by atoms with Crippen LogP contribution in [0.2, 0.25) is 0 Å². The number of amides is 2. The average Bonchev–Trinajstić information content (AvgIpc) is 2.92. The third kappa shape index (κ3) is 3.19. The number of hydrogen-bond acceptors (Lipinski definition) is 5. The van der Waals surface area contributed by atoms with E-state index >= 15 is 0 Å². The first-order valence-corrected chi connectivity index (χ1v) is 7.22. The quantitative estimate of drug-likeness (QED) is 0.703. The molecular formula is C12H18N4O3S. The van der Waals surface area contributed by atoms with E-state index in [0.717, 1.165) is 16.4 Å². The van der Waals surface area contributed by atoms with Gasteiger partial charge in [-0.05, 0) is 12.8 Å². The summed E-state index contributed by atoms with van der Waals surface area (Å²) < 4.78 is 0. The van der Waals surface area contributed by atoms with Crippen molar-refractivity contribution < 1.29 is 14.7 Å². The summed E-state index contributed by atoms with van der Waals surface area (Å²) in [7, 11) is 3.36. The number of aromatic nitrogens is 1. The fraction of sp³-hybridized carbons (Fsp3) is 0.583. The van der Waals surface area contributed by atoms with E-state index in [4.69, 9.17) is 5.11 Å². The zero-order valence-electron chi connectivity index (χ0n) is 11.5. The Hall–Kier alpha value is -1.83. The first kappa shape index (κ1) is 14.6. The fourth-order valence-electron chi connectivity index (χ4n) is 2.04. The lowest BCUT2D eigenvalue weighted by Gasteiger charge is -2.11. The van der Waals surface area contributed by atoms with Gasteiger partial charge in [0, 0.05) is 32.1 Å². The first-order chi connectivity index (χ1) is 9.49. The molecule has 0 radical (unpaired) electrons. The van der Waals surface area contributed by atoms with E-state index in [0.29, 0.717) is 25.2 Å². The van der Waals surface area contributed by atoms with Crippen LogP contribution in [0.5, 0.6) is 0 Å². The molecule has 0 saturated carbocycles. The fourth-order valence-corrected chi connectivity index (χ4v) is 3.10. The number of urea groups is 1. The zero-order chi connectivity index (χ0) is 14.7. The van der Waals surface area contributed by atoms with Crippen molar-refractivity contribution in [2.45, 2.75) is 18.8 Å². The highest BCUT2D eigenvalue weighted by Gasteiger charge is 2.32. The molecule has 20 heavy (non-hydrogen) atoms. The minimum atomic E-state index is -0.807. The third-order valence-electron chi connectivity index (χ3n) is 3.10. The van der Waals surface area contributed by atoms with Crippen molar-refractivity contribution >= 4 is 28.5 Å². The van der Waals surface area contributed by atoms with Gasteiger partial charge in [-0.25, -0.2) is 9.78 Å². The highest BCUT2D eigenvalue weighted by Crippen LogP contribution is 2.38. The van der Waals surface area contributed by atoms with Crippen molar-refractivity contribution in [1.82, 2.24) is 15.2 Å². The highest BCUT2D eigenvalue weighted by molar-refractivity contribution is 7.15. The molecule has 0 fully saturated rings. The molecule has 7 nitrogen and oxygen atoms in total. The van der Waals surface area contributed by atoms with Crippen molar-refractivity contribution in [2.24, 2.45) is 0 Å². The predicted molar refractivity (Wildman–Crippen MR) is 76.4 cm³/mol. The molecule has 1 heterocycles. The van der Waals surface area contributed by atoms with Gasteiger partial charge >= 0.3 is 12.0 Å². The molecule has 1 aromatic rings. The molecule has 3 N–H and O–H groups in total. The smallest absolute Gasteiger partial charge is 0.316 e. The van der Waals surface area contributed by atoms with Crippen LogP contribution in [0, 0.1) is 0 Å². The Balaban J connectivity index is 1.82. The summed E-state index contributed by atoms with van der Waals surface area (Å²) in [6.45, 7) is 1.05. The van der Waals surface area contributed by atoms with Crippen LogP contribution in [0.3, 0.4) is 0 Å². The SMILES string of the molecule is CN(C)C(=O)NCCNc1nc2c(s1)CCC2C(=O)O. The maximum absolute atomic E-state index is 11.3. The Morgan fingerprint density at radius 1 is 1.45 bits per heavy atom.